The number of piperazine rings is 1. The Hall–Kier alpha value is -1.38. The van der Waals surface area contributed by atoms with Crippen molar-refractivity contribution < 1.29 is 17.6 Å². The highest BCUT2D eigenvalue weighted by atomic mass is 32.2. The molecule has 2 aliphatic heterocycles. The Balaban J connectivity index is 1.74. The standard InChI is InChI=1S/C14H21N3O4S/c1-10-13(7-12(21-10)8-15-22(2,19)20)14(18)17-6-5-16-4-3-11(17)9-16/h7,11,15H,3-6,8-9H2,1-2H3. The number of hydrogen-bond acceptors (Lipinski definition) is 5. The summed E-state index contributed by atoms with van der Waals surface area (Å²) in [5.74, 6) is 0.977. The van der Waals surface area contributed by atoms with Crippen LogP contribution in [0.1, 0.15) is 28.3 Å². The van der Waals surface area contributed by atoms with E-state index >= 15 is 0 Å². The zero-order chi connectivity index (χ0) is 15.9. The number of nitrogens with one attached hydrogen (secondary N) is 1. The highest BCUT2D eigenvalue weighted by Crippen LogP contribution is 2.24. The fourth-order valence-corrected chi connectivity index (χ4v) is 3.57. The van der Waals surface area contributed by atoms with Crippen LogP contribution in [0.4, 0.5) is 0 Å². The second-order valence-electron chi connectivity index (χ2n) is 6.02. The van der Waals surface area contributed by atoms with E-state index in [-0.39, 0.29) is 18.5 Å². The number of nitrogens with zero attached hydrogens (tertiary/aromatic N) is 2. The molecule has 7 nitrogen and oxygen atoms in total. The molecule has 1 aromatic heterocycles. The van der Waals surface area contributed by atoms with Gasteiger partial charge in [0.15, 0.2) is 0 Å². The van der Waals surface area contributed by atoms with Gasteiger partial charge in [0.05, 0.1) is 18.4 Å². The van der Waals surface area contributed by atoms with Crippen molar-refractivity contribution in [3.05, 3.63) is 23.2 Å². The summed E-state index contributed by atoms with van der Waals surface area (Å²) in [6.07, 6.45) is 2.11. The molecule has 1 amide bonds. The number of furan rings is 1. The van der Waals surface area contributed by atoms with Gasteiger partial charge in [0, 0.05) is 32.2 Å². The van der Waals surface area contributed by atoms with Crippen LogP contribution in [0.5, 0.6) is 0 Å². The third kappa shape index (κ3) is 3.18. The molecule has 2 aliphatic rings. The highest BCUT2D eigenvalue weighted by Gasteiger charge is 2.36. The Morgan fingerprint density at radius 1 is 1.41 bits per heavy atom. The van der Waals surface area contributed by atoms with Gasteiger partial charge in [-0.1, -0.05) is 0 Å². The van der Waals surface area contributed by atoms with Crippen LogP contribution >= 0.6 is 0 Å². The molecular weight excluding hydrogens is 306 g/mol. The third-order valence-electron chi connectivity index (χ3n) is 4.31. The van der Waals surface area contributed by atoms with Gasteiger partial charge in [-0.05, 0) is 19.4 Å². The second kappa shape index (κ2) is 5.68. The van der Waals surface area contributed by atoms with Gasteiger partial charge in [-0.2, -0.15) is 0 Å². The SMILES string of the molecule is Cc1oc(CNS(C)(=O)=O)cc1C(=O)N1CCN2CCC1C2. The maximum absolute atomic E-state index is 12.7. The number of carbonyl (C=O) groups excluding carboxylic acids is 1. The third-order valence-corrected chi connectivity index (χ3v) is 4.98. The number of hydrogen-bond donors (Lipinski definition) is 1. The summed E-state index contributed by atoms with van der Waals surface area (Å²) < 4.78 is 30.1. The first-order chi connectivity index (χ1) is 10.3. The van der Waals surface area contributed by atoms with Crippen molar-refractivity contribution in [2.24, 2.45) is 0 Å². The molecule has 2 fully saturated rings. The minimum absolute atomic E-state index is 0.0154. The molecule has 0 aliphatic carbocycles. The number of amides is 1. The average molecular weight is 327 g/mol. The van der Waals surface area contributed by atoms with Crippen molar-refractivity contribution in [3.8, 4) is 0 Å². The molecule has 2 unspecified atom stereocenters. The van der Waals surface area contributed by atoms with Crippen molar-refractivity contribution in [3.63, 3.8) is 0 Å². The minimum Gasteiger partial charge on any atom is -0.464 e. The molecular formula is C14H21N3O4S. The second-order valence-corrected chi connectivity index (χ2v) is 7.85. The largest absolute Gasteiger partial charge is 0.464 e. The number of sulfonamides is 1. The van der Waals surface area contributed by atoms with Gasteiger partial charge < -0.3 is 9.32 Å². The van der Waals surface area contributed by atoms with Crippen molar-refractivity contribution in [1.82, 2.24) is 14.5 Å². The smallest absolute Gasteiger partial charge is 0.257 e. The van der Waals surface area contributed by atoms with E-state index in [1.165, 1.54) is 0 Å². The molecule has 0 spiro atoms. The number of rotatable bonds is 4. The summed E-state index contributed by atoms with van der Waals surface area (Å²) in [5, 5.41) is 0. The van der Waals surface area contributed by atoms with Gasteiger partial charge in [-0.3, -0.25) is 9.69 Å². The quantitative estimate of drug-likeness (QED) is 0.852. The molecule has 0 aromatic carbocycles. The fourth-order valence-electron chi connectivity index (χ4n) is 3.17. The lowest BCUT2D eigenvalue weighted by molar-refractivity contribution is 0.0607. The van der Waals surface area contributed by atoms with Gasteiger partial charge in [-0.15, -0.1) is 0 Å². The highest BCUT2D eigenvalue weighted by molar-refractivity contribution is 7.88. The maximum atomic E-state index is 12.7. The summed E-state index contributed by atoms with van der Waals surface area (Å²) in [7, 11) is -3.28. The monoisotopic (exact) mass is 327 g/mol. The van der Waals surface area contributed by atoms with Gasteiger partial charge in [0.1, 0.15) is 11.5 Å². The number of aryl methyl sites for hydroxylation is 1. The van der Waals surface area contributed by atoms with E-state index in [4.69, 9.17) is 4.42 Å². The van der Waals surface area contributed by atoms with E-state index in [9.17, 15) is 13.2 Å². The maximum Gasteiger partial charge on any atom is 0.257 e. The Kier molecular flexibility index (Phi) is 4.00. The molecule has 0 saturated carbocycles. The minimum atomic E-state index is -3.28. The van der Waals surface area contributed by atoms with E-state index in [0.29, 0.717) is 17.1 Å². The van der Waals surface area contributed by atoms with E-state index in [0.717, 1.165) is 38.9 Å². The molecule has 2 saturated heterocycles. The van der Waals surface area contributed by atoms with Crippen LogP contribution in [-0.4, -0.2) is 62.6 Å². The van der Waals surface area contributed by atoms with E-state index < -0.39 is 10.0 Å². The zero-order valence-electron chi connectivity index (χ0n) is 12.8. The average Bonchev–Trinajstić information content (AvgIpc) is 2.99. The fraction of sp³-hybridized carbons (Fsp3) is 0.643. The van der Waals surface area contributed by atoms with Gasteiger partial charge in [-0.25, -0.2) is 13.1 Å². The Morgan fingerprint density at radius 2 is 2.18 bits per heavy atom. The lowest BCUT2D eigenvalue weighted by Crippen LogP contribution is -2.49. The zero-order valence-corrected chi connectivity index (χ0v) is 13.6. The molecule has 3 heterocycles. The molecule has 122 valence electrons. The molecule has 3 rings (SSSR count). The Bertz CT molecular complexity index is 682. The van der Waals surface area contributed by atoms with Crippen LogP contribution in [0.3, 0.4) is 0 Å². The van der Waals surface area contributed by atoms with Crippen LogP contribution < -0.4 is 4.72 Å². The molecule has 22 heavy (non-hydrogen) atoms. The summed E-state index contributed by atoms with van der Waals surface area (Å²) in [4.78, 5) is 17.0. The molecule has 8 heteroatoms. The van der Waals surface area contributed by atoms with Crippen LogP contribution in [0.2, 0.25) is 0 Å². The normalized spacial score (nSPS) is 24.7. The summed E-state index contributed by atoms with van der Waals surface area (Å²) in [6.45, 7) is 5.46. The van der Waals surface area contributed by atoms with Crippen LogP contribution in [-0.2, 0) is 16.6 Å². The molecule has 1 N–H and O–H groups in total. The number of carbonyl (C=O) groups is 1. The van der Waals surface area contributed by atoms with Crippen LogP contribution in [0, 0.1) is 6.92 Å². The first-order valence-corrected chi connectivity index (χ1v) is 9.30. The summed E-state index contributed by atoms with van der Waals surface area (Å²) in [6, 6.07) is 1.94. The first-order valence-electron chi connectivity index (χ1n) is 7.41. The predicted octanol–water partition coefficient (Wildman–Crippen LogP) is 0.167. The lowest BCUT2D eigenvalue weighted by atomic mass is 10.1. The molecule has 1 aromatic rings. The van der Waals surface area contributed by atoms with Crippen LogP contribution in [0.25, 0.3) is 0 Å². The molecule has 0 radical (unpaired) electrons. The molecule has 2 atom stereocenters. The lowest BCUT2D eigenvalue weighted by Gasteiger charge is -2.34. The van der Waals surface area contributed by atoms with Crippen molar-refractivity contribution in [1.29, 1.82) is 0 Å². The predicted molar refractivity (Wildman–Crippen MR) is 81.0 cm³/mol. The van der Waals surface area contributed by atoms with E-state index in [1.54, 1.807) is 13.0 Å². The first kappa shape index (κ1) is 15.5. The van der Waals surface area contributed by atoms with E-state index in [2.05, 4.69) is 9.62 Å². The van der Waals surface area contributed by atoms with Crippen LogP contribution in [0.15, 0.2) is 10.5 Å². The molecule has 2 bridgehead atoms. The van der Waals surface area contributed by atoms with Crippen molar-refractivity contribution in [2.45, 2.75) is 25.9 Å². The summed E-state index contributed by atoms with van der Waals surface area (Å²) in [5.41, 5.74) is 0.533. The van der Waals surface area contributed by atoms with Gasteiger partial charge in [0.2, 0.25) is 10.0 Å². The summed E-state index contributed by atoms with van der Waals surface area (Å²) >= 11 is 0. The van der Waals surface area contributed by atoms with Crippen molar-refractivity contribution >= 4 is 15.9 Å². The van der Waals surface area contributed by atoms with Gasteiger partial charge in [0.25, 0.3) is 5.91 Å². The topological polar surface area (TPSA) is 82.9 Å². The van der Waals surface area contributed by atoms with Crippen molar-refractivity contribution in [2.75, 3.05) is 32.4 Å². The van der Waals surface area contributed by atoms with Gasteiger partial charge >= 0.3 is 0 Å². The number of fused-ring (bicyclic) bond motifs is 2. The Labute approximate surface area is 130 Å². The van der Waals surface area contributed by atoms with E-state index in [1.807, 2.05) is 4.90 Å². The Morgan fingerprint density at radius 3 is 2.91 bits per heavy atom.